The topological polar surface area (TPSA) is 161 Å². The molecule has 0 saturated carbocycles. The van der Waals surface area contributed by atoms with E-state index in [4.69, 9.17) is 39.6 Å². The molecule has 13 heavy (non-hydrogen) atoms. The third kappa shape index (κ3) is 18.2. The minimum Gasteiger partial charge on any atom is -0.543 e. The van der Waals surface area contributed by atoms with Gasteiger partial charge in [0.2, 0.25) is 0 Å². The Bertz CT molecular complexity index is 172. The number of carboxylic acid groups (broad SMARTS) is 4. The quantitative estimate of drug-likeness (QED) is 0.358. The first kappa shape index (κ1) is 17.9. The zero-order valence-electron chi connectivity index (χ0n) is 5.84. The van der Waals surface area contributed by atoms with Gasteiger partial charge in [-0.3, -0.25) is 0 Å². The minimum atomic E-state index is -2.19. The first-order chi connectivity index (χ1) is 5.29. The van der Waals surface area contributed by atoms with Gasteiger partial charge in [-0.15, -0.1) is 0 Å². The minimum absolute atomic E-state index is 0. The van der Waals surface area contributed by atoms with E-state index in [1.54, 1.807) is 0 Å². The molecule has 9 heteroatoms. The van der Waals surface area contributed by atoms with Crippen LogP contribution in [0.4, 0.5) is 0 Å². The van der Waals surface area contributed by atoms with Gasteiger partial charge in [0.15, 0.2) is 0 Å². The Hall–Kier alpha value is -1.03. The smallest absolute Gasteiger partial charge is 0.0870 e. The first-order valence-electron chi connectivity index (χ1n) is 2.13. The number of carboxylic acids is 4. The molecule has 0 unspecified atom stereocenters. The van der Waals surface area contributed by atoms with E-state index in [1.165, 1.54) is 0 Å². The molecule has 0 bridgehead atoms. The van der Waals surface area contributed by atoms with E-state index in [-0.39, 0.29) is 32.3 Å². The van der Waals surface area contributed by atoms with Gasteiger partial charge >= 0.3 is 0 Å². The molecule has 0 aliphatic carbocycles. The van der Waals surface area contributed by atoms with Crippen molar-refractivity contribution in [2.75, 3.05) is 0 Å². The van der Waals surface area contributed by atoms with Crippen molar-refractivity contribution >= 4 is 23.9 Å². The van der Waals surface area contributed by atoms with Crippen LogP contribution < -0.4 is 20.4 Å². The monoisotopic (exact) mass is 407 g/mol. The van der Waals surface area contributed by atoms with Crippen molar-refractivity contribution in [1.82, 2.24) is 0 Å². The van der Waals surface area contributed by atoms with Gasteiger partial charge in [0.25, 0.3) is 0 Å². The van der Waals surface area contributed by atoms with Crippen molar-refractivity contribution in [1.29, 1.82) is 0 Å². The Kier molecular flexibility index (Phi) is 12.5. The normalized spacial score (nSPS) is 6.77. The summed E-state index contributed by atoms with van der Waals surface area (Å²) in [6.45, 7) is 0. The Morgan fingerprint density at radius 3 is 0.615 bits per heavy atom. The average Bonchev–Trinajstić information content (AvgIpc) is 1.88. The van der Waals surface area contributed by atoms with Crippen LogP contribution in [0.15, 0.2) is 0 Å². The molecular formula is C4O8Pa-4. The second-order valence-electron chi connectivity index (χ2n) is 1.15. The van der Waals surface area contributed by atoms with Crippen LogP contribution in [-0.4, -0.2) is 23.9 Å². The van der Waals surface area contributed by atoms with E-state index in [1.807, 2.05) is 0 Å². The fraction of sp³-hybridized carbons (Fsp3) is 0. The molecule has 71 valence electrons. The van der Waals surface area contributed by atoms with Gasteiger partial charge < -0.3 is 39.6 Å². The third-order valence-corrected chi connectivity index (χ3v) is 0.333. The second-order valence-corrected chi connectivity index (χ2v) is 1.15. The molecular weight excluding hydrogens is 407 g/mol. The average molecular weight is 407 g/mol. The van der Waals surface area contributed by atoms with E-state index in [9.17, 15) is 0 Å². The van der Waals surface area contributed by atoms with Crippen LogP contribution in [0.5, 0.6) is 0 Å². The summed E-state index contributed by atoms with van der Waals surface area (Å²) >= 11 is 0. The number of aliphatic carboxylic acids is 4. The van der Waals surface area contributed by atoms with Crippen LogP contribution in [0.1, 0.15) is 0 Å². The Morgan fingerprint density at radius 1 is 0.538 bits per heavy atom. The summed E-state index contributed by atoms with van der Waals surface area (Å²) in [6.07, 6.45) is 0. The standard InChI is InChI=1S/2C2H2O4.Pa/c2*3-1(4)2(5)6;/h2*(H,3,4)(H,5,6);/p-4. The number of rotatable bonds is 0. The number of carbonyl (C=O) groups excluding carboxylic acids is 4. The van der Waals surface area contributed by atoms with Crippen molar-refractivity contribution in [3.63, 3.8) is 0 Å². The molecule has 0 aliphatic heterocycles. The van der Waals surface area contributed by atoms with Gasteiger partial charge in [-0.25, -0.2) is 0 Å². The molecule has 0 spiro atoms. The van der Waals surface area contributed by atoms with E-state index in [0.717, 1.165) is 0 Å². The zero-order valence-corrected chi connectivity index (χ0v) is 10.7. The summed E-state index contributed by atoms with van der Waals surface area (Å²) in [4.78, 5) is 35.7. The van der Waals surface area contributed by atoms with Crippen molar-refractivity contribution in [2.24, 2.45) is 0 Å². The molecule has 0 aromatic rings. The third-order valence-electron chi connectivity index (χ3n) is 0.333. The molecule has 0 atom stereocenters. The maximum Gasteiger partial charge on any atom is 0.0870 e. The summed E-state index contributed by atoms with van der Waals surface area (Å²) in [5.74, 6) is -8.74. The van der Waals surface area contributed by atoms with Crippen molar-refractivity contribution in [2.45, 2.75) is 0 Å². The van der Waals surface area contributed by atoms with Gasteiger partial charge in [-0.05, 0) is 0 Å². The molecule has 0 aromatic carbocycles. The number of hydrogen-bond acceptors (Lipinski definition) is 8. The predicted molar refractivity (Wildman–Crippen MR) is 20.0 cm³/mol. The molecule has 0 amide bonds. The summed E-state index contributed by atoms with van der Waals surface area (Å²) in [5.41, 5.74) is 0. The SMILES string of the molecule is O=C([O-])C(=O)[O-].O=C([O-])C(=O)[O-].[Pa]. The molecule has 1 radical (unpaired) electrons. The second kappa shape index (κ2) is 9.06. The number of hydrogen-bond donors (Lipinski definition) is 0. The molecule has 0 N–H and O–H groups in total. The zero-order chi connectivity index (χ0) is 10.3. The van der Waals surface area contributed by atoms with Gasteiger partial charge in [0, 0.05) is 32.3 Å². The summed E-state index contributed by atoms with van der Waals surface area (Å²) in [7, 11) is 0. The van der Waals surface area contributed by atoms with Gasteiger partial charge in [-0.1, -0.05) is 0 Å². The summed E-state index contributed by atoms with van der Waals surface area (Å²) in [5, 5.41) is 35.7. The van der Waals surface area contributed by atoms with Crippen molar-refractivity contribution < 1.29 is 71.9 Å². The van der Waals surface area contributed by atoms with Gasteiger partial charge in [0.05, 0.1) is 23.9 Å². The fourth-order valence-electron chi connectivity index (χ4n) is 0. The van der Waals surface area contributed by atoms with E-state index >= 15 is 0 Å². The van der Waals surface area contributed by atoms with Crippen LogP contribution in [0.3, 0.4) is 0 Å². The van der Waals surface area contributed by atoms with Gasteiger partial charge in [0.1, 0.15) is 0 Å². The van der Waals surface area contributed by atoms with Crippen LogP contribution in [0.25, 0.3) is 0 Å². The maximum atomic E-state index is 8.93. The molecule has 8 nitrogen and oxygen atoms in total. The summed E-state index contributed by atoms with van der Waals surface area (Å²) < 4.78 is 0. The summed E-state index contributed by atoms with van der Waals surface area (Å²) in [6, 6.07) is 0. The van der Waals surface area contributed by atoms with Crippen LogP contribution in [0, 0.1) is 32.3 Å². The molecule has 0 aliphatic rings. The molecule has 0 heterocycles. The van der Waals surface area contributed by atoms with E-state index in [2.05, 4.69) is 0 Å². The van der Waals surface area contributed by atoms with Crippen LogP contribution >= 0.6 is 0 Å². The fourth-order valence-corrected chi connectivity index (χ4v) is 0. The predicted octanol–water partition coefficient (Wildman–Crippen LogP) is -7.03. The van der Waals surface area contributed by atoms with Crippen molar-refractivity contribution in [3.8, 4) is 0 Å². The van der Waals surface area contributed by atoms with E-state index < -0.39 is 23.9 Å². The number of carbonyl (C=O) groups is 4. The molecule has 0 aromatic heterocycles. The Balaban J connectivity index is -0.000000143. The first-order valence-corrected chi connectivity index (χ1v) is 2.13. The van der Waals surface area contributed by atoms with Gasteiger partial charge in [-0.2, -0.15) is 0 Å². The van der Waals surface area contributed by atoms with E-state index in [0.29, 0.717) is 0 Å². The Labute approximate surface area is 95.7 Å². The van der Waals surface area contributed by atoms with Crippen molar-refractivity contribution in [3.05, 3.63) is 0 Å². The molecule has 0 saturated heterocycles. The maximum absolute atomic E-state index is 8.93. The van der Waals surface area contributed by atoms with Crippen LogP contribution in [0.2, 0.25) is 0 Å². The largest absolute Gasteiger partial charge is 0.543 e. The van der Waals surface area contributed by atoms with Crippen LogP contribution in [-0.2, 0) is 19.2 Å². The molecule has 0 rings (SSSR count). The Morgan fingerprint density at radius 2 is 0.615 bits per heavy atom. The molecule has 0 fully saturated rings.